The molecule has 1 atom stereocenters. The molecule has 2 aliphatic rings. The molecule has 1 fully saturated rings. The van der Waals surface area contributed by atoms with Gasteiger partial charge in [-0.1, -0.05) is 19.3 Å². The summed E-state index contributed by atoms with van der Waals surface area (Å²) >= 11 is 1.82. The Morgan fingerprint density at radius 3 is 2.90 bits per heavy atom. The molecule has 0 aromatic carbocycles. The minimum Gasteiger partial charge on any atom is -0.349 e. The normalized spacial score (nSPS) is 24.3. The third-order valence-electron chi connectivity index (χ3n) is 5.27. The molecule has 1 saturated carbocycles. The van der Waals surface area contributed by atoms with E-state index in [2.05, 4.69) is 16.8 Å². The van der Waals surface area contributed by atoms with Crippen LogP contribution in [0.2, 0.25) is 0 Å². The first-order valence-corrected chi connectivity index (χ1v) is 9.16. The molecule has 1 heterocycles. The fourth-order valence-corrected chi connectivity index (χ4v) is 4.96. The number of hydrogen-bond acceptors (Lipinski definition) is 3. The average molecular weight is 306 g/mol. The lowest BCUT2D eigenvalue weighted by molar-refractivity contribution is -0.124. The van der Waals surface area contributed by atoms with Gasteiger partial charge in [0.1, 0.15) is 0 Å². The van der Waals surface area contributed by atoms with Crippen molar-refractivity contribution in [3.8, 4) is 0 Å². The number of amides is 1. The minimum atomic E-state index is 0.0640. The molecule has 3 N–H and O–H groups in total. The van der Waals surface area contributed by atoms with Crippen molar-refractivity contribution in [1.82, 2.24) is 5.32 Å². The largest absolute Gasteiger partial charge is 0.349 e. The molecule has 21 heavy (non-hydrogen) atoms. The van der Waals surface area contributed by atoms with Crippen LogP contribution in [0.1, 0.15) is 67.8 Å². The summed E-state index contributed by atoms with van der Waals surface area (Å²) in [5.41, 5.74) is 7.42. The van der Waals surface area contributed by atoms with Gasteiger partial charge in [0.15, 0.2) is 0 Å². The number of fused-ring (bicyclic) bond motifs is 1. The van der Waals surface area contributed by atoms with Gasteiger partial charge >= 0.3 is 0 Å². The number of carbonyl (C=O) groups excluding carboxylic acids is 1. The predicted octanol–water partition coefficient (Wildman–Crippen LogP) is 3.54. The highest BCUT2D eigenvalue weighted by Crippen LogP contribution is 2.39. The van der Waals surface area contributed by atoms with Crippen LogP contribution in [0.25, 0.3) is 0 Å². The van der Waals surface area contributed by atoms with Gasteiger partial charge in [0.25, 0.3) is 0 Å². The Hall–Kier alpha value is -0.870. The zero-order valence-corrected chi connectivity index (χ0v) is 13.5. The van der Waals surface area contributed by atoms with Crippen LogP contribution >= 0.6 is 11.3 Å². The van der Waals surface area contributed by atoms with Gasteiger partial charge in [0, 0.05) is 11.3 Å². The second-order valence-corrected chi connectivity index (χ2v) is 7.75. The Labute approximate surface area is 131 Å². The maximum absolute atomic E-state index is 12.5. The van der Waals surface area contributed by atoms with Crippen LogP contribution in [0.3, 0.4) is 0 Å². The molecule has 116 valence electrons. The fraction of sp³-hybridized carbons (Fsp3) is 0.706. The third-order valence-corrected chi connectivity index (χ3v) is 6.27. The summed E-state index contributed by atoms with van der Waals surface area (Å²) in [6.07, 6.45) is 10.0. The molecule has 3 nitrogen and oxygen atoms in total. The van der Waals surface area contributed by atoms with Gasteiger partial charge in [0.2, 0.25) is 5.91 Å². The van der Waals surface area contributed by atoms with Gasteiger partial charge in [0.05, 0.1) is 6.04 Å². The SMILES string of the molecule is NCC1(CC(=O)NC2CCCc3sccc32)CCCCC1. The van der Waals surface area contributed by atoms with Crippen molar-refractivity contribution in [1.29, 1.82) is 0 Å². The molecule has 0 bridgehead atoms. The minimum absolute atomic E-state index is 0.0640. The van der Waals surface area contributed by atoms with Gasteiger partial charge in [-0.05, 0) is 61.1 Å². The smallest absolute Gasteiger partial charge is 0.221 e. The average Bonchev–Trinajstić information content (AvgIpc) is 2.98. The molecule has 1 aromatic heterocycles. The van der Waals surface area contributed by atoms with E-state index in [1.807, 2.05) is 11.3 Å². The Morgan fingerprint density at radius 2 is 2.14 bits per heavy atom. The van der Waals surface area contributed by atoms with Gasteiger partial charge in [-0.3, -0.25) is 4.79 Å². The van der Waals surface area contributed by atoms with E-state index in [1.54, 1.807) is 0 Å². The summed E-state index contributed by atoms with van der Waals surface area (Å²) in [5.74, 6) is 0.200. The van der Waals surface area contributed by atoms with E-state index in [-0.39, 0.29) is 17.4 Å². The van der Waals surface area contributed by atoms with Crippen molar-refractivity contribution >= 4 is 17.2 Å². The first-order chi connectivity index (χ1) is 10.2. The molecule has 3 rings (SSSR count). The molecule has 0 spiro atoms. The van der Waals surface area contributed by atoms with Crippen LogP contribution in [0.15, 0.2) is 11.4 Å². The molecule has 1 amide bonds. The predicted molar refractivity (Wildman–Crippen MR) is 87.3 cm³/mol. The van der Waals surface area contributed by atoms with Crippen molar-refractivity contribution in [2.75, 3.05) is 6.54 Å². The standard InChI is InChI=1S/C17H26N2OS/c18-12-17(8-2-1-3-9-17)11-16(20)19-14-5-4-6-15-13(14)7-10-21-15/h7,10,14H,1-6,8-9,11-12,18H2,(H,19,20). The van der Waals surface area contributed by atoms with Crippen LogP contribution < -0.4 is 11.1 Å². The number of hydrogen-bond donors (Lipinski definition) is 2. The number of nitrogens with two attached hydrogens (primary N) is 1. The summed E-state index contributed by atoms with van der Waals surface area (Å²) in [7, 11) is 0. The molecule has 0 aliphatic heterocycles. The highest BCUT2D eigenvalue weighted by atomic mass is 32.1. The maximum Gasteiger partial charge on any atom is 0.221 e. The van der Waals surface area contributed by atoms with Crippen LogP contribution in [0.4, 0.5) is 0 Å². The lowest BCUT2D eigenvalue weighted by Crippen LogP contribution is -2.40. The van der Waals surface area contributed by atoms with Crippen molar-refractivity contribution in [3.05, 3.63) is 21.9 Å². The van der Waals surface area contributed by atoms with Crippen molar-refractivity contribution < 1.29 is 4.79 Å². The van der Waals surface area contributed by atoms with Crippen LogP contribution in [0.5, 0.6) is 0 Å². The Bertz CT molecular complexity index is 491. The van der Waals surface area contributed by atoms with Gasteiger partial charge in [-0.25, -0.2) is 0 Å². The molecule has 2 aliphatic carbocycles. The van der Waals surface area contributed by atoms with Crippen LogP contribution in [-0.4, -0.2) is 12.5 Å². The molecule has 0 saturated heterocycles. The van der Waals surface area contributed by atoms with Crippen molar-refractivity contribution in [2.24, 2.45) is 11.1 Å². The summed E-state index contributed by atoms with van der Waals surface area (Å²) in [4.78, 5) is 14.0. The number of carbonyl (C=O) groups is 1. The molecular weight excluding hydrogens is 280 g/mol. The number of rotatable bonds is 4. The van der Waals surface area contributed by atoms with E-state index >= 15 is 0 Å². The maximum atomic E-state index is 12.5. The van der Waals surface area contributed by atoms with E-state index < -0.39 is 0 Å². The van der Waals surface area contributed by atoms with Crippen LogP contribution in [-0.2, 0) is 11.2 Å². The van der Waals surface area contributed by atoms with Crippen LogP contribution in [0, 0.1) is 5.41 Å². The van der Waals surface area contributed by atoms with Gasteiger partial charge < -0.3 is 11.1 Å². The van der Waals surface area contributed by atoms with E-state index in [4.69, 9.17) is 5.73 Å². The molecule has 1 aromatic rings. The second-order valence-electron chi connectivity index (χ2n) is 6.75. The van der Waals surface area contributed by atoms with Crippen molar-refractivity contribution in [3.63, 3.8) is 0 Å². The zero-order chi connectivity index (χ0) is 14.7. The summed E-state index contributed by atoms with van der Waals surface area (Å²) in [6, 6.07) is 2.41. The van der Waals surface area contributed by atoms with Crippen molar-refractivity contribution in [2.45, 2.75) is 63.8 Å². The first kappa shape index (κ1) is 15.0. The van der Waals surface area contributed by atoms with E-state index in [1.165, 1.54) is 42.5 Å². The molecular formula is C17H26N2OS. The Balaban J connectivity index is 1.62. The molecule has 0 radical (unpaired) electrons. The highest BCUT2D eigenvalue weighted by Gasteiger charge is 2.34. The van der Waals surface area contributed by atoms with Gasteiger partial charge in [-0.15, -0.1) is 11.3 Å². The fourth-order valence-electron chi connectivity index (χ4n) is 3.98. The molecule has 4 heteroatoms. The number of nitrogens with one attached hydrogen (secondary N) is 1. The monoisotopic (exact) mass is 306 g/mol. The third kappa shape index (κ3) is 3.32. The Morgan fingerprint density at radius 1 is 1.33 bits per heavy atom. The van der Waals surface area contributed by atoms with Gasteiger partial charge in [-0.2, -0.15) is 0 Å². The number of thiophene rings is 1. The Kier molecular flexibility index (Phi) is 4.65. The number of aryl methyl sites for hydroxylation is 1. The topological polar surface area (TPSA) is 55.1 Å². The zero-order valence-electron chi connectivity index (χ0n) is 12.7. The second kappa shape index (κ2) is 6.49. The van der Waals surface area contributed by atoms with E-state index in [0.29, 0.717) is 13.0 Å². The molecule has 1 unspecified atom stereocenters. The van der Waals surface area contributed by atoms with E-state index in [9.17, 15) is 4.79 Å². The first-order valence-electron chi connectivity index (χ1n) is 8.28. The summed E-state index contributed by atoms with van der Waals surface area (Å²) < 4.78 is 0. The summed E-state index contributed by atoms with van der Waals surface area (Å²) in [5, 5.41) is 5.43. The van der Waals surface area contributed by atoms with E-state index in [0.717, 1.165) is 19.3 Å². The highest BCUT2D eigenvalue weighted by molar-refractivity contribution is 7.10. The summed E-state index contributed by atoms with van der Waals surface area (Å²) in [6.45, 7) is 0.648. The lowest BCUT2D eigenvalue weighted by atomic mass is 9.71. The lowest BCUT2D eigenvalue weighted by Gasteiger charge is -2.36. The quantitative estimate of drug-likeness (QED) is 0.894.